The molecule has 1 aliphatic heterocycles. The van der Waals surface area contributed by atoms with Crippen molar-refractivity contribution in [1.82, 2.24) is 24.4 Å². The maximum absolute atomic E-state index is 13.7. The van der Waals surface area contributed by atoms with Crippen molar-refractivity contribution in [1.29, 1.82) is 0 Å². The van der Waals surface area contributed by atoms with E-state index in [9.17, 15) is 4.79 Å². The van der Waals surface area contributed by atoms with Crippen LogP contribution in [0.3, 0.4) is 0 Å². The van der Waals surface area contributed by atoms with E-state index >= 15 is 0 Å². The Kier molecular flexibility index (Phi) is 6.57. The van der Waals surface area contributed by atoms with Gasteiger partial charge >= 0.3 is 0 Å². The number of hydrogen-bond donors (Lipinski definition) is 0. The Morgan fingerprint density at radius 1 is 1.00 bits per heavy atom. The van der Waals surface area contributed by atoms with E-state index in [2.05, 4.69) is 19.5 Å². The van der Waals surface area contributed by atoms with Gasteiger partial charge in [0, 0.05) is 55.9 Å². The van der Waals surface area contributed by atoms with Gasteiger partial charge in [-0.2, -0.15) is 0 Å². The monoisotopic (exact) mass is 467 g/mol. The fourth-order valence-corrected chi connectivity index (χ4v) is 4.65. The molecule has 178 valence electrons. The number of nitrogens with zero attached hydrogens (tertiary/aromatic N) is 5. The molecular weight excluding hydrogens is 438 g/mol. The molecule has 7 nitrogen and oxygen atoms in total. The molecule has 0 N–H and O–H groups in total. The molecule has 1 saturated heterocycles. The number of imidazole rings is 1. The summed E-state index contributed by atoms with van der Waals surface area (Å²) in [6, 6.07) is 15.7. The molecule has 1 unspecified atom stereocenters. The highest BCUT2D eigenvalue weighted by Crippen LogP contribution is 2.34. The second-order valence-corrected chi connectivity index (χ2v) is 8.96. The first kappa shape index (κ1) is 22.8. The molecular formula is C28H29N5O2. The summed E-state index contributed by atoms with van der Waals surface area (Å²) in [6.07, 6.45) is 8.91. The molecule has 1 aliphatic rings. The lowest BCUT2D eigenvalue weighted by atomic mass is 9.93. The SMILES string of the molecule is Cc1ccccc1Oc1nccnc1C1CCCN(C(=O)c2ccccc2Cn2ccnc2C)C1. The van der Waals surface area contributed by atoms with Crippen LogP contribution in [-0.4, -0.2) is 43.4 Å². The zero-order valence-corrected chi connectivity index (χ0v) is 20.1. The first-order valence-corrected chi connectivity index (χ1v) is 12.0. The molecule has 1 amide bonds. The zero-order valence-electron chi connectivity index (χ0n) is 20.1. The van der Waals surface area contributed by atoms with Crippen molar-refractivity contribution in [3.63, 3.8) is 0 Å². The van der Waals surface area contributed by atoms with Crippen LogP contribution in [0, 0.1) is 13.8 Å². The fraction of sp³-hybridized carbons (Fsp3) is 0.286. The maximum Gasteiger partial charge on any atom is 0.254 e. The number of amides is 1. The first-order valence-electron chi connectivity index (χ1n) is 12.0. The van der Waals surface area contributed by atoms with Gasteiger partial charge in [-0.05, 0) is 49.9 Å². The Balaban J connectivity index is 1.37. The minimum absolute atomic E-state index is 0.0494. The average molecular weight is 468 g/mol. The van der Waals surface area contributed by atoms with Gasteiger partial charge in [-0.15, -0.1) is 0 Å². The third kappa shape index (κ3) is 4.94. The second-order valence-electron chi connectivity index (χ2n) is 8.96. The van der Waals surface area contributed by atoms with Crippen molar-refractivity contribution in [2.45, 2.75) is 39.2 Å². The molecule has 0 saturated carbocycles. The lowest BCUT2D eigenvalue weighted by molar-refractivity contribution is 0.0703. The third-order valence-corrected chi connectivity index (χ3v) is 6.60. The van der Waals surface area contributed by atoms with Crippen molar-refractivity contribution in [3.8, 4) is 11.6 Å². The largest absolute Gasteiger partial charge is 0.437 e. The number of para-hydroxylation sites is 1. The van der Waals surface area contributed by atoms with Gasteiger partial charge in [0.1, 0.15) is 17.3 Å². The molecule has 0 aliphatic carbocycles. The van der Waals surface area contributed by atoms with Gasteiger partial charge in [0.2, 0.25) is 5.88 Å². The number of carbonyl (C=O) groups is 1. The van der Waals surface area contributed by atoms with Crippen LogP contribution in [0.15, 0.2) is 73.3 Å². The molecule has 5 rings (SSSR count). The van der Waals surface area contributed by atoms with E-state index in [0.29, 0.717) is 19.0 Å². The standard InChI is InChI=1S/C28H29N5O2/c1-20-8-3-6-12-25(20)35-27-26(30-13-14-31-27)23-10-7-16-33(19-23)28(34)24-11-5-4-9-22(24)18-32-17-15-29-21(32)2/h3-6,8-9,11-15,17,23H,7,10,16,18-19H2,1-2H3. The number of hydrogen-bond acceptors (Lipinski definition) is 5. The molecule has 0 bridgehead atoms. The molecule has 0 radical (unpaired) electrons. The molecule has 2 aromatic heterocycles. The molecule has 0 spiro atoms. The van der Waals surface area contributed by atoms with Crippen LogP contribution in [0.2, 0.25) is 0 Å². The summed E-state index contributed by atoms with van der Waals surface area (Å²) in [6.45, 7) is 5.90. The number of aromatic nitrogens is 4. The highest BCUT2D eigenvalue weighted by molar-refractivity contribution is 5.95. The summed E-state index contributed by atoms with van der Waals surface area (Å²) in [5.41, 5.74) is 3.56. The summed E-state index contributed by atoms with van der Waals surface area (Å²) in [4.78, 5) is 29.0. The van der Waals surface area contributed by atoms with E-state index in [1.54, 1.807) is 18.6 Å². The lowest BCUT2D eigenvalue weighted by Gasteiger charge is -2.33. The minimum Gasteiger partial charge on any atom is -0.437 e. The van der Waals surface area contributed by atoms with Crippen LogP contribution in [0.25, 0.3) is 0 Å². The molecule has 1 atom stereocenters. The Morgan fingerprint density at radius 3 is 2.63 bits per heavy atom. The number of aryl methyl sites for hydroxylation is 2. The van der Waals surface area contributed by atoms with Crippen molar-refractivity contribution in [2.24, 2.45) is 0 Å². The summed E-state index contributed by atoms with van der Waals surface area (Å²) in [5, 5.41) is 0. The van der Waals surface area contributed by atoms with Crippen LogP contribution in [-0.2, 0) is 6.54 Å². The second kappa shape index (κ2) is 10.1. The van der Waals surface area contributed by atoms with E-state index in [1.807, 2.05) is 73.5 Å². The van der Waals surface area contributed by atoms with Crippen LogP contribution in [0.1, 0.15) is 51.8 Å². The first-order chi connectivity index (χ1) is 17.1. The van der Waals surface area contributed by atoms with Crippen molar-refractivity contribution >= 4 is 5.91 Å². The van der Waals surface area contributed by atoms with Crippen LogP contribution < -0.4 is 4.74 Å². The Morgan fingerprint density at radius 2 is 1.80 bits per heavy atom. The Bertz CT molecular complexity index is 1330. The van der Waals surface area contributed by atoms with E-state index in [1.165, 1.54) is 0 Å². The fourth-order valence-electron chi connectivity index (χ4n) is 4.65. The van der Waals surface area contributed by atoms with Crippen molar-refractivity contribution in [3.05, 3.63) is 102 Å². The molecule has 1 fully saturated rings. The topological polar surface area (TPSA) is 73.1 Å². The predicted molar refractivity (Wildman–Crippen MR) is 134 cm³/mol. The van der Waals surface area contributed by atoms with Gasteiger partial charge in [0.05, 0.1) is 0 Å². The van der Waals surface area contributed by atoms with Crippen molar-refractivity contribution in [2.75, 3.05) is 13.1 Å². The lowest BCUT2D eigenvalue weighted by Crippen LogP contribution is -2.39. The summed E-state index contributed by atoms with van der Waals surface area (Å²) < 4.78 is 8.23. The molecule has 35 heavy (non-hydrogen) atoms. The maximum atomic E-state index is 13.7. The van der Waals surface area contributed by atoms with E-state index in [4.69, 9.17) is 4.74 Å². The van der Waals surface area contributed by atoms with Gasteiger partial charge in [-0.1, -0.05) is 36.4 Å². The quantitative estimate of drug-likeness (QED) is 0.392. The Hall–Kier alpha value is -4.00. The van der Waals surface area contributed by atoms with Crippen LogP contribution in [0.4, 0.5) is 0 Å². The number of piperidine rings is 1. The van der Waals surface area contributed by atoms with Gasteiger partial charge in [0.25, 0.3) is 5.91 Å². The zero-order chi connectivity index (χ0) is 24.2. The number of rotatable bonds is 6. The van der Waals surface area contributed by atoms with Crippen LogP contribution >= 0.6 is 0 Å². The summed E-state index contributed by atoms with van der Waals surface area (Å²) in [7, 11) is 0. The van der Waals surface area contributed by atoms with Crippen LogP contribution in [0.5, 0.6) is 11.6 Å². The number of likely N-dealkylation sites (tertiary alicyclic amines) is 1. The summed E-state index contributed by atoms with van der Waals surface area (Å²) >= 11 is 0. The van der Waals surface area contributed by atoms with E-state index < -0.39 is 0 Å². The molecule has 7 heteroatoms. The highest BCUT2D eigenvalue weighted by Gasteiger charge is 2.30. The average Bonchev–Trinajstić information content (AvgIpc) is 3.30. The van der Waals surface area contributed by atoms with Gasteiger partial charge in [-0.3, -0.25) is 9.78 Å². The highest BCUT2D eigenvalue weighted by atomic mass is 16.5. The van der Waals surface area contributed by atoms with E-state index in [0.717, 1.165) is 53.3 Å². The normalized spacial score (nSPS) is 15.7. The third-order valence-electron chi connectivity index (χ3n) is 6.60. The summed E-state index contributed by atoms with van der Waals surface area (Å²) in [5.74, 6) is 2.31. The molecule has 3 heterocycles. The Labute approximate surface area is 205 Å². The van der Waals surface area contributed by atoms with Gasteiger partial charge in [-0.25, -0.2) is 9.97 Å². The number of benzene rings is 2. The predicted octanol–water partition coefficient (Wildman–Crippen LogP) is 5.15. The molecule has 4 aromatic rings. The smallest absolute Gasteiger partial charge is 0.254 e. The number of carbonyl (C=O) groups excluding carboxylic acids is 1. The number of ether oxygens (including phenoxy) is 1. The van der Waals surface area contributed by atoms with E-state index in [-0.39, 0.29) is 11.8 Å². The van der Waals surface area contributed by atoms with Gasteiger partial charge in [0.15, 0.2) is 0 Å². The molecule has 2 aromatic carbocycles. The minimum atomic E-state index is 0.0494. The van der Waals surface area contributed by atoms with Crippen molar-refractivity contribution < 1.29 is 9.53 Å². The van der Waals surface area contributed by atoms with Gasteiger partial charge < -0.3 is 14.2 Å².